The summed E-state index contributed by atoms with van der Waals surface area (Å²) in [7, 11) is -5.50. The Labute approximate surface area is 97.8 Å². The van der Waals surface area contributed by atoms with Crippen molar-refractivity contribution in [2.45, 2.75) is 32.2 Å². The molecule has 3 nitrogen and oxygen atoms in total. The summed E-state index contributed by atoms with van der Waals surface area (Å²) in [5.41, 5.74) is -5.33. The molecule has 7 heteroatoms. The minimum absolute atomic E-state index is 0.0267. The van der Waals surface area contributed by atoms with Crippen LogP contribution in [0.15, 0.2) is 11.8 Å². The van der Waals surface area contributed by atoms with Crippen LogP contribution in [0, 0.1) is 17.3 Å². The maximum atomic E-state index is 12.1. The van der Waals surface area contributed by atoms with Gasteiger partial charge in [-0.15, -0.1) is 0 Å². The summed E-state index contributed by atoms with van der Waals surface area (Å²) in [5.74, 6) is -0.0662. The van der Waals surface area contributed by atoms with Crippen LogP contribution in [0.1, 0.15) is 26.7 Å². The van der Waals surface area contributed by atoms with Gasteiger partial charge in [-0.05, 0) is 30.3 Å². The van der Waals surface area contributed by atoms with Crippen molar-refractivity contribution in [2.75, 3.05) is 0 Å². The minimum Gasteiger partial charge on any atom is -0.381 e. The Hall–Kier alpha value is -0.720. The molecule has 2 rings (SSSR count). The average molecular weight is 270 g/mol. The zero-order valence-electron chi connectivity index (χ0n) is 9.41. The molecule has 0 aliphatic heterocycles. The Kier molecular flexibility index (Phi) is 2.54. The van der Waals surface area contributed by atoms with E-state index >= 15 is 0 Å². The standard InChI is InChI=1S/C10H13F3O3S/c1-9(2)4-6-3-8(7(6)5-9)16-17(14,15)10(11,12)13/h3,6-7H,4-5H2,1-2H3/t6-,7+/m1/s1. The SMILES string of the molecule is CC1(C)C[C@H]2C=C(OS(=O)(=O)C(F)(F)F)[C@H]2C1. The van der Waals surface area contributed by atoms with E-state index in [0.717, 1.165) is 6.42 Å². The van der Waals surface area contributed by atoms with Gasteiger partial charge in [0.1, 0.15) is 5.76 Å². The van der Waals surface area contributed by atoms with E-state index < -0.39 is 15.6 Å². The third-order valence-corrected chi connectivity index (χ3v) is 4.29. The van der Waals surface area contributed by atoms with E-state index in [4.69, 9.17) is 0 Å². The molecular formula is C10H13F3O3S. The van der Waals surface area contributed by atoms with Gasteiger partial charge in [-0.3, -0.25) is 0 Å². The first-order valence-electron chi connectivity index (χ1n) is 5.24. The van der Waals surface area contributed by atoms with Crippen LogP contribution in [0.25, 0.3) is 0 Å². The molecular weight excluding hydrogens is 257 g/mol. The first-order valence-corrected chi connectivity index (χ1v) is 6.65. The highest BCUT2D eigenvalue weighted by Crippen LogP contribution is 2.55. The lowest BCUT2D eigenvalue weighted by molar-refractivity contribution is -0.0532. The molecule has 2 aliphatic carbocycles. The quantitative estimate of drug-likeness (QED) is 0.572. The lowest BCUT2D eigenvalue weighted by atomic mass is 9.83. The summed E-state index contributed by atoms with van der Waals surface area (Å²) < 4.78 is 62.1. The molecule has 2 aliphatic rings. The second kappa shape index (κ2) is 3.40. The zero-order valence-corrected chi connectivity index (χ0v) is 10.2. The van der Waals surface area contributed by atoms with E-state index in [2.05, 4.69) is 4.18 Å². The number of halogens is 3. The first-order chi connectivity index (χ1) is 7.52. The van der Waals surface area contributed by atoms with Crippen LogP contribution in [-0.2, 0) is 14.3 Å². The van der Waals surface area contributed by atoms with Gasteiger partial charge in [0.05, 0.1) is 0 Å². The molecule has 0 aromatic carbocycles. The van der Waals surface area contributed by atoms with Crippen molar-refractivity contribution in [3.05, 3.63) is 11.8 Å². The van der Waals surface area contributed by atoms with Crippen molar-refractivity contribution in [3.8, 4) is 0 Å². The van der Waals surface area contributed by atoms with E-state index in [1.54, 1.807) is 0 Å². The highest BCUT2D eigenvalue weighted by molar-refractivity contribution is 7.87. The fourth-order valence-corrected chi connectivity index (χ4v) is 3.10. The lowest BCUT2D eigenvalue weighted by Gasteiger charge is -2.29. The molecule has 0 radical (unpaired) electrons. The number of fused-ring (bicyclic) bond motifs is 1. The third kappa shape index (κ3) is 2.17. The number of alkyl halides is 3. The largest absolute Gasteiger partial charge is 0.534 e. The summed E-state index contributed by atoms with van der Waals surface area (Å²) in [6.45, 7) is 4.02. The normalized spacial score (nSPS) is 31.5. The smallest absolute Gasteiger partial charge is 0.381 e. The molecule has 2 atom stereocenters. The first kappa shape index (κ1) is 12.7. The van der Waals surface area contributed by atoms with Crippen LogP contribution in [-0.4, -0.2) is 13.9 Å². The molecule has 0 N–H and O–H groups in total. The molecule has 0 unspecified atom stereocenters. The van der Waals surface area contributed by atoms with Gasteiger partial charge in [-0.2, -0.15) is 21.6 Å². The Bertz CT molecular complexity index is 462. The van der Waals surface area contributed by atoms with Gasteiger partial charge in [0.15, 0.2) is 0 Å². The van der Waals surface area contributed by atoms with Crippen molar-refractivity contribution in [1.82, 2.24) is 0 Å². The van der Waals surface area contributed by atoms with Crippen LogP contribution in [0.5, 0.6) is 0 Å². The number of hydrogen-bond acceptors (Lipinski definition) is 3. The van der Waals surface area contributed by atoms with Gasteiger partial charge in [-0.25, -0.2) is 0 Å². The van der Waals surface area contributed by atoms with Crippen molar-refractivity contribution in [2.24, 2.45) is 17.3 Å². The Morgan fingerprint density at radius 1 is 1.35 bits per heavy atom. The topological polar surface area (TPSA) is 43.4 Å². The predicted octanol–water partition coefficient (Wildman–Crippen LogP) is 2.80. The van der Waals surface area contributed by atoms with E-state index in [9.17, 15) is 21.6 Å². The summed E-state index contributed by atoms with van der Waals surface area (Å²) in [4.78, 5) is 0. The summed E-state index contributed by atoms with van der Waals surface area (Å²) in [6.07, 6.45) is 3.01. The van der Waals surface area contributed by atoms with Gasteiger partial charge >= 0.3 is 15.6 Å². The second-order valence-electron chi connectivity index (χ2n) is 5.40. The maximum Gasteiger partial charge on any atom is 0.534 e. The molecule has 0 spiro atoms. The summed E-state index contributed by atoms with van der Waals surface area (Å²) >= 11 is 0. The molecule has 98 valence electrons. The van der Waals surface area contributed by atoms with Crippen LogP contribution < -0.4 is 0 Å². The highest BCUT2D eigenvalue weighted by Gasteiger charge is 2.53. The van der Waals surface area contributed by atoms with Gasteiger partial charge in [0.25, 0.3) is 0 Å². The predicted molar refractivity (Wildman–Crippen MR) is 54.1 cm³/mol. The molecule has 0 heterocycles. The van der Waals surface area contributed by atoms with E-state index in [0.29, 0.717) is 6.42 Å². The fourth-order valence-electron chi connectivity index (χ4n) is 2.58. The van der Waals surface area contributed by atoms with Crippen molar-refractivity contribution in [3.63, 3.8) is 0 Å². The van der Waals surface area contributed by atoms with Crippen LogP contribution >= 0.6 is 0 Å². The molecule has 0 aromatic heterocycles. The molecule has 1 fully saturated rings. The average Bonchev–Trinajstić information content (AvgIpc) is 2.33. The maximum absolute atomic E-state index is 12.1. The third-order valence-electron chi connectivity index (χ3n) is 3.31. The van der Waals surface area contributed by atoms with Gasteiger partial charge in [0, 0.05) is 5.92 Å². The van der Waals surface area contributed by atoms with Crippen LogP contribution in [0.4, 0.5) is 13.2 Å². The second-order valence-corrected chi connectivity index (χ2v) is 6.93. The zero-order chi connectivity index (χ0) is 13.1. The number of hydrogen-bond donors (Lipinski definition) is 0. The van der Waals surface area contributed by atoms with Crippen molar-refractivity contribution < 1.29 is 25.8 Å². The van der Waals surface area contributed by atoms with Gasteiger partial charge in [0.2, 0.25) is 0 Å². The van der Waals surface area contributed by atoms with E-state index in [1.807, 2.05) is 13.8 Å². The monoisotopic (exact) mass is 270 g/mol. The molecule has 0 bridgehead atoms. The Balaban J connectivity index is 2.08. The van der Waals surface area contributed by atoms with Crippen LogP contribution in [0.3, 0.4) is 0 Å². The van der Waals surface area contributed by atoms with Gasteiger partial charge < -0.3 is 4.18 Å². The fraction of sp³-hybridized carbons (Fsp3) is 0.800. The Morgan fingerprint density at radius 3 is 2.41 bits per heavy atom. The molecule has 17 heavy (non-hydrogen) atoms. The summed E-state index contributed by atoms with van der Waals surface area (Å²) in [5, 5.41) is 0. The van der Waals surface area contributed by atoms with Gasteiger partial charge in [-0.1, -0.05) is 13.8 Å². The van der Waals surface area contributed by atoms with Crippen molar-refractivity contribution >= 4 is 10.1 Å². The molecule has 0 amide bonds. The van der Waals surface area contributed by atoms with Crippen LogP contribution in [0.2, 0.25) is 0 Å². The lowest BCUT2D eigenvalue weighted by Crippen LogP contribution is -2.30. The number of allylic oxidation sites excluding steroid dienone is 2. The summed E-state index contributed by atoms with van der Waals surface area (Å²) in [6, 6.07) is 0. The Morgan fingerprint density at radius 2 is 1.94 bits per heavy atom. The number of rotatable bonds is 2. The highest BCUT2D eigenvalue weighted by atomic mass is 32.2. The van der Waals surface area contributed by atoms with Crippen molar-refractivity contribution in [1.29, 1.82) is 0 Å². The van der Waals surface area contributed by atoms with E-state index in [1.165, 1.54) is 6.08 Å². The molecule has 0 saturated heterocycles. The molecule has 0 aromatic rings. The van der Waals surface area contributed by atoms with E-state index in [-0.39, 0.29) is 23.0 Å². The minimum atomic E-state index is -5.50. The molecule has 1 saturated carbocycles.